The third kappa shape index (κ3) is 5.17. The summed E-state index contributed by atoms with van der Waals surface area (Å²) in [6, 6.07) is 3.45. The summed E-state index contributed by atoms with van der Waals surface area (Å²) in [5.74, 6) is -0.548. The largest absolute Gasteiger partial charge is 0.385 e. The van der Waals surface area contributed by atoms with Crippen LogP contribution in [0.15, 0.2) is 30.6 Å². The Morgan fingerprint density at radius 3 is 2.94 bits per heavy atom. The van der Waals surface area contributed by atoms with Crippen molar-refractivity contribution in [1.82, 2.24) is 10.3 Å². The van der Waals surface area contributed by atoms with Gasteiger partial charge < -0.3 is 10.4 Å². The van der Waals surface area contributed by atoms with Gasteiger partial charge in [0.25, 0.3) is 6.43 Å². The Bertz CT molecular complexity index is 382. The van der Waals surface area contributed by atoms with E-state index in [2.05, 4.69) is 10.3 Å². The number of pyridine rings is 1. The standard InChI is InChI=1S/C11H12F2N2O2/c12-11(13)9(16)7-15-10(17)4-3-8-2-1-5-14-6-8/h1-6,9,11,16H,7H2,(H,15,17)/b4-3+. The van der Waals surface area contributed by atoms with E-state index in [0.29, 0.717) is 0 Å². The normalized spacial score (nSPS) is 12.9. The van der Waals surface area contributed by atoms with Crippen molar-refractivity contribution in [3.05, 3.63) is 36.2 Å². The molecular weight excluding hydrogens is 230 g/mol. The zero-order valence-electron chi connectivity index (χ0n) is 8.88. The van der Waals surface area contributed by atoms with E-state index in [4.69, 9.17) is 5.11 Å². The molecule has 0 spiro atoms. The fourth-order valence-corrected chi connectivity index (χ4v) is 1.000. The summed E-state index contributed by atoms with van der Waals surface area (Å²) in [6.07, 6.45) is 1.13. The highest BCUT2D eigenvalue weighted by Crippen LogP contribution is 2.00. The number of aliphatic hydroxyl groups is 1. The van der Waals surface area contributed by atoms with Crippen LogP contribution in [0.4, 0.5) is 8.78 Å². The lowest BCUT2D eigenvalue weighted by Crippen LogP contribution is -2.34. The topological polar surface area (TPSA) is 62.2 Å². The van der Waals surface area contributed by atoms with Crippen LogP contribution in [-0.4, -0.2) is 35.1 Å². The van der Waals surface area contributed by atoms with Crippen LogP contribution in [0.2, 0.25) is 0 Å². The van der Waals surface area contributed by atoms with E-state index in [-0.39, 0.29) is 0 Å². The number of hydrogen-bond acceptors (Lipinski definition) is 3. The molecule has 1 aromatic heterocycles. The first-order chi connectivity index (χ1) is 8.09. The number of nitrogens with one attached hydrogen (secondary N) is 1. The van der Waals surface area contributed by atoms with Gasteiger partial charge in [-0.25, -0.2) is 8.78 Å². The Hall–Kier alpha value is -1.82. The van der Waals surface area contributed by atoms with E-state index in [1.54, 1.807) is 24.5 Å². The first-order valence-electron chi connectivity index (χ1n) is 4.91. The van der Waals surface area contributed by atoms with Gasteiger partial charge in [0.15, 0.2) is 0 Å². The maximum atomic E-state index is 11.9. The molecular formula is C11H12F2N2O2. The predicted octanol–water partition coefficient (Wildman–Crippen LogP) is 0.837. The molecule has 0 aliphatic rings. The molecule has 4 nitrogen and oxygen atoms in total. The van der Waals surface area contributed by atoms with Crippen molar-refractivity contribution in [1.29, 1.82) is 0 Å². The summed E-state index contributed by atoms with van der Waals surface area (Å²) < 4.78 is 23.8. The monoisotopic (exact) mass is 242 g/mol. The highest BCUT2D eigenvalue weighted by molar-refractivity contribution is 5.91. The van der Waals surface area contributed by atoms with Crippen molar-refractivity contribution in [2.45, 2.75) is 12.5 Å². The molecule has 0 saturated heterocycles. The third-order valence-electron chi connectivity index (χ3n) is 1.89. The molecule has 1 rings (SSSR count). The fourth-order valence-electron chi connectivity index (χ4n) is 1.000. The quantitative estimate of drug-likeness (QED) is 0.752. The molecule has 0 bridgehead atoms. The molecule has 1 unspecified atom stereocenters. The third-order valence-corrected chi connectivity index (χ3v) is 1.89. The number of halogens is 2. The Labute approximate surface area is 97.0 Å². The number of rotatable bonds is 5. The molecule has 6 heteroatoms. The van der Waals surface area contributed by atoms with Gasteiger partial charge in [0.2, 0.25) is 5.91 Å². The van der Waals surface area contributed by atoms with Crippen molar-refractivity contribution in [3.8, 4) is 0 Å². The molecule has 0 fully saturated rings. The summed E-state index contributed by atoms with van der Waals surface area (Å²) in [5, 5.41) is 10.9. The van der Waals surface area contributed by atoms with Crippen molar-refractivity contribution < 1.29 is 18.7 Å². The lowest BCUT2D eigenvalue weighted by molar-refractivity contribution is -0.117. The van der Waals surface area contributed by atoms with Gasteiger partial charge in [0.1, 0.15) is 6.10 Å². The first-order valence-corrected chi connectivity index (χ1v) is 4.91. The van der Waals surface area contributed by atoms with Gasteiger partial charge >= 0.3 is 0 Å². The Morgan fingerprint density at radius 2 is 2.35 bits per heavy atom. The van der Waals surface area contributed by atoms with Crippen LogP contribution in [0.3, 0.4) is 0 Å². The number of aromatic nitrogens is 1. The van der Waals surface area contributed by atoms with Crippen molar-refractivity contribution in [2.75, 3.05) is 6.54 Å². The number of alkyl halides is 2. The van der Waals surface area contributed by atoms with E-state index in [9.17, 15) is 13.6 Å². The zero-order chi connectivity index (χ0) is 12.7. The molecule has 1 amide bonds. The van der Waals surface area contributed by atoms with Gasteiger partial charge in [-0.1, -0.05) is 6.07 Å². The molecule has 0 aliphatic heterocycles. The van der Waals surface area contributed by atoms with Crippen molar-refractivity contribution >= 4 is 12.0 Å². The van der Waals surface area contributed by atoms with Gasteiger partial charge in [-0.3, -0.25) is 9.78 Å². The van der Waals surface area contributed by atoms with E-state index in [1.807, 2.05) is 0 Å². The molecule has 1 aromatic rings. The summed E-state index contributed by atoms with van der Waals surface area (Å²) in [5.41, 5.74) is 0.719. The number of hydrogen-bond donors (Lipinski definition) is 2. The van der Waals surface area contributed by atoms with Crippen LogP contribution in [-0.2, 0) is 4.79 Å². The van der Waals surface area contributed by atoms with E-state index >= 15 is 0 Å². The number of amides is 1. The van der Waals surface area contributed by atoms with Crippen LogP contribution < -0.4 is 5.32 Å². The molecule has 0 aliphatic carbocycles. The smallest absolute Gasteiger partial charge is 0.265 e. The van der Waals surface area contributed by atoms with E-state index in [1.165, 1.54) is 12.2 Å². The van der Waals surface area contributed by atoms with E-state index in [0.717, 1.165) is 5.56 Å². The van der Waals surface area contributed by atoms with Gasteiger partial charge in [0.05, 0.1) is 0 Å². The van der Waals surface area contributed by atoms with Crippen LogP contribution in [0.5, 0.6) is 0 Å². The second kappa shape index (κ2) is 6.70. The summed E-state index contributed by atoms with van der Waals surface area (Å²) >= 11 is 0. The molecule has 1 atom stereocenters. The molecule has 92 valence electrons. The van der Waals surface area contributed by atoms with Crippen molar-refractivity contribution in [2.24, 2.45) is 0 Å². The maximum absolute atomic E-state index is 11.9. The molecule has 17 heavy (non-hydrogen) atoms. The number of aliphatic hydroxyl groups excluding tert-OH is 1. The maximum Gasteiger partial charge on any atom is 0.265 e. The first kappa shape index (κ1) is 13.2. The summed E-state index contributed by atoms with van der Waals surface area (Å²) in [6.45, 7) is -0.478. The lowest BCUT2D eigenvalue weighted by Gasteiger charge is -2.08. The summed E-state index contributed by atoms with van der Waals surface area (Å²) in [4.78, 5) is 15.0. The second-order valence-corrected chi connectivity index (χ2v) is 3.27. The second-order valence-electron chi connectivity index (χ2n) is 3.27. The van der Waals surface area contributed by atoms with Crippen LogP contribution >= 0.6 is 0 Å². The molecule has 0 aromatic carbocycles. The predicted molar refractivity (Wildman–Crippen MR) is 58.3 cm³/mol. The average molecular weight is 242 g/mol. The number of carbonyl (C=O) groups is 1. The minimum absolute atomic E-state index is 0.478. The highest BCUT2D eigenvalue weighted by atomic mass is 19.3. The lowest BCUT2D eigenvalue weighted by atomic mass is 10.2. The van der Waals surface area contributed by atoms with Crippen LogP contribution in [0, 0.1) is 0 Å². The zero-order valence-corrected chi connectivity index (χ0v) is 8.88. The Kier molecular flexibility index (Phi) is 5.22. The fraction of sp³-hybridized carbons (Fsp3) is 0.273. The molecule has 2 N–H and O–H groups in total. The minimum atomic E-state index is -2.86. The minimum Gasteiger partial charge on any atom is -0.385 e. The van der Waals surface area contributed by atoms with Crippen LogP contribution in [0.1, 0.15) is 5.56 Å². The molecule has 0 radical (unpaired) electrons. The van der Waals surface area contributed by atoms with Crippen molar-refractivity contribution in [3.63, 3.8) is 0 Å². The van der Waals surface area contributed by atoms with Crippen LogP contribution in [0.25, 0.3) is 6.08 Å². The van der Waals surface area contributed by atoms with Gasteiger partial charge in [-0.15, -0.1) is 0 Å². The van der Waals surface area contributed by atoms with Gasteiger partial charge in [-0.05, 0) is 17.7 Å². The molecule has 1 heterocycles. The average Bonchev–Trinajstić information content (AvgIpc) is 2.34. The number of nitrogens with zero attached hydrogens (tertiary/aromatic N) is 1. The number of carbonyl (C=O) groups excluding carboxylic acids is 1. The Morgan fingerprint density at radius 1 is 1.59 bits per heavy atom. The Balaban J connectivity index is 2.37. The highest BCUT2D eigenvalue weighted by Gasteiger charge is 2.16. The van der Waals surface area contributed by atoms with Gasteiger partial charge in [-0.2, -0.15) is 0 Å². The molecule has 0 saturated carbocycles. The SMILES string of the molecule is O=C(/C=C/c1cccnc1)NCC(O)C(F)F. The summed E-state index contributed by atoms with van der Waals surface area (Å²) in [7, 11) is 0. The van der Waals surface area contributed by atoms with Gasteiger partial charge in [0, 0.05) is 25.0 Å². The van der Waals surface area contributed by atoms with E-state index < -0.39 is 25.0 Å².